The molecule has 3 unspecified atom stereocenters. The number of carbonyl (C=O) groups is 1. The highest BCUT2D eigenvalue weighted by atomic mass is 19.1. The van der Waals surface area contributed by atoms with E-state index in [9.17, 15) is 9.18 Å². The molecule has 1 aliphatic carbocycles. The Morgan fingerprint density at radius 2 is 2.17 bits per heavy atom. The molecule has 3 rings (SSSR count). The normalized spacial score (nSPS) is 31.0. The van der Waals surface area contributed by atoms with E-state index >= 15 is 0 Å². The molecule has 1 saturated carbocycles. The third-order valence-electron chi connectivity index (χ3n) is 4.36. The first-order valence-corrected chi connectivity index (χ1v) is 6.76. The summed E-state index contributed by atoms with van der Waals surface area (Å²) >= 11 is 0. The van der Waals surface area contributed by atoms with E-state index in [0.29, 0.717) is 17.5 Å². The first-order valence-electron chi connectivity index (χ1n) is 6.76. The summed E-state index contributed by atoms with van der Waals surface area (Å²) in [5.74, 6) is 0.575. The third kappa shape index (κ3) is 1.82. The standard InChI is InChI=1S/C15H18FNO/c1-9-4-2-5-10(8-9)13-11-6-3-7-12(16)14(11)17-15(13)18/h3,6-7,9-10,13H,2,4-5,8H2,1H3,(H,17,18). The smallest absolute Gasteiger partial charge is 0.232 e. The fraction of sp³-hybridized carbons (Fsp3) is 0.533. The van der Waals surface area contributed by atoms with Gasteiger partial charge in [0.05, 0.1) is 11.6 Å². The quantitative estimate of drug-likeness (QED) is 0.805. The van der Waals surface area contributed by atoms with Gasteiger partial charge in [0.25, 0.3) is 0 Å². The van der Waals surface area contributed by atoms with Crippen molar-refractivity contribution in [3.63, 3.8) is 0 Å². The van der Waals surface area contributed by atoms with E-state index in [1.54, 1.807) is 6.07 Å². The number of para-hydroxylation sites is 1. The second-order valence-corrected chi connectivity index (χ2v) is 5.70. The van der Waals surface area contributed by atoms with Crippen molar-refractivity contribution >= 4 is 11.6 Å². The fourth-order valence-electron chi connectivity index (χ4n) is 3.53. The number of hydrogen-bond donors (Lipinski definition) is 1. The molecule has 96 valence electrons. The number of halogens is 1. The summed E-state index contributed by atoms with van der Waals surface area (Å²) in [5.41, 5.74) is 1.27. The minimum Gasteiger partial charge on any atom is -0.323 e. The Hall–Kier alpha value is -1.38. The number of nitrogens with one attached hydrogen (secondary N) is 1. The predicted octanol–water partition coefficient (Wildman–Crippen LogP) is 3.69. The maximum atomic E-state index is 13.7. The Labute approximate surface area is 107 Å². The number of benzene rings is 1. The molecule has 1 N–H and O–H groups in total. The van der Waals surface area contributed by atoms with Crippen LogP contribution in [-0.4, -0.2) is 5.91 Å². The summed E-state index contributed by atoms with van der Waals surface area (Å²) in [6.45, 7) is 2.24. The molecule has 1 aromatic rings. The van der Waals surface area contributed by atoms with Gasteiger partial charge >= 0.3 is 0 Å². The summed E-state index contributed by atoms with van der Waals surface area (Å²) in [4.78, 5) is 12.1. The molecule has 0 spiro atoms. The highest BCUT2D eigenvalue weighted by Gasteiger charge is 2.39. The van der Waals surface area contributed by atoms with Crippen LogP contribution in [0, 0.1) is 17.7 Å². The van der Waals surface area contributed by atoms with Crippen molar-refractivity contribution < 1.29 is 9.18 Å². The molecule has 3 heteroatoms. The molecule has 2 nitrogen and oxygen atoms in total. The van der Waals surface area contributed by atoms with Crippen molar-refractivity contribution in [1.82, 2.24) is 0 Å². The highest BCUT2D eigenvalue weighted by Crippen LogP contribution is 2.44. The van der Waals surface area contributed by atoms with Gasteiger partial charge in [-0.2, -0.15) is 0 Å². The minimum absolute atomic E-state index is 0.0193. The van der Waals surface area contributed by atoms with Crippen LogP contribution < -0.4 is 5.32 Å². The van der Waals surface area contributed by atoms with Gasteiger partial charge in [-0.05, 0) is 36.3 Å². The average Bonchev–Trinajstić information content (AvgIpc) is 2.67. The van der Waals surface area contributed by atoms with Crippen LogP contribution in [0.1, 0.15) is 44.1 Å². The lowest BCUT2D eigenvalue weighted by molar-refractivity contribution is -0.118. The van der Waals surface area contributed by atoms with E-state index in [1.807, 2.05) is 6.07 Å². The maximum absolute atomic E-state index is 13.7. The lowest BCUT2D eigenvalue weighted by Crippen LogP contribution is -2.25. The molecule has 2 aliphatic rings. The largest absolute Gasteiger partial charge is 0.323 e. The molecular weight excluding hydrogens is 229 g/mol. The molecule has 1 fully saturated rings. The zero-order chi connectivity index (χ0) is 12.7. The summed E-state index contributed by atoms with van der Waals surface area (Å²) in [6, 6.07) is 5.00. The summed E-state index contributed by atoms with van der Waals surface area (Å²) in [6.07, 6.45) is 4.59. The molecule has 18 heavy (non-hydrogen) atoms. The molecular formula is C15H18FNO. The van der Waals surface area contributed by atoms with Crippen molar-refractivity contribution in [3.8, 4) is 0 Å². The number of carbonyl (C=O) groups excluding carboxylic acids is 1. The number of anilines is 1. The molecule has 1 amide bonds. The van der Waals surface area contributed by atoms with Crippen LogP contribution in [0.4, 0.5) is 10.1 Å². The average molecular weight is 247 g/mol. The lowest BCUT2D eigenvalue weighted by atomic mass is 9.74. The van der Waals surface area contributed by atoms with Gasteiger partial charge in [0.2, 0.25) is 5.91 Å². The highest BCUT2D eigenvalue weighted by molar-refractivity contribution is 6.03. The van der Waals surface area contributed by atoms with Crippen LogP contribution in [0.2, 0.25) is 0 Å². The van der Waals surface area contributed by atoms with Crippen molar-refractivity contribution in [2.24, 2.45) is 11.8 Å². The number of fused-ring (bicyclic) bond motifs is 1. The maximum Gasteiger partial charge on any atom is 0.232 e. The Kier molecular flexibility index (Phi) is 2.84. The zero-order valence-corrected chi connectivity index (χ0v) is 10.6. The van der Waals surface area contributed by atoms with Gasteiger partial charge in [0.1, 0.15) is 5.82 Å². The van der Waals surface area contributed by atoms with E-state index in [0.717, 1.165) is 18.4 Å². The van der Waals surface area contributed by atoms with Crippen LogP contribution in [0.15, 0.2) is 18.2 Å². The van der Waals surface area contributed by atoms with E-state index < -0.39 is 0 Å². The monoisotopic (exact) mass is 247 g/mol. The second kappa shape index (κ2) is 4.38. The zero-order valence-electron chi connectivity index (χ0n) is 10.6. The fourth-order valence-corrected chi connectivity index (χ4v) is 3.53. The molecule has 0 aromatic heterocycles. The Bertz CT molecular complexity index is 485. The Morgan fingerprint density at radius 3 is 2.94 bits per heavy atom. The van der Waals surface area contributed by atoms with Crippen LogP contribution in [0.25, 0.3) is 0 Å². The third-order valence-corrected chi connectivity index (χ3v) is 4.36. The van der Waals surface area contributed by atoms with Crippen molar-refractivity contribution in [2.75, 3.05) is 5.32 Å². The molecule has 0 radical (unpaired) electrons. The summed E-state index contributed by atoms with van der Waals surface area (Å²) in [5, 5.41) is 2.71. The molecule has 0 saturated heterocycles. The molecule has 0 bridgehead atoms. The number of hydrogen-bond acceptors (Lipinski definition) is 1. The molecule has 1 aliphatic heterocycles. The van der Waals surface area contributed by atoms with Crippen LogP contribution >= 0.6 is 0 Å². The number of rotatable bonds is 1. The Morgan fingerprint density at radius 1 is 1.33 bits per heavy atom. The van der Waals surface area contributed by atoms with E-state index in [1.165, 1.54) is 18.9 Å². The van der Waals surface area contributed by atoms with Crippen LogP contribution in [0.5, 0.6) is 0 Å². The van der Waals surface area contributed by atoms with Gasteiger partial charge < -0.3 is 5.32 Å². The first kappa shape index (κ1) is 11.7. The van der Waals surface area contributed by atoms with Gasteiger partial charge in [-0.1, -0.05) is 31.9 Å². The molecule has 1 aromatic carbocycles. The van der Waals surface area contributed by atoms with E-state index in [4.69, 9.17) is 0 Å². The molecule has 1 heterocycles. The number of amides is 1. The van der Waals surface area contributed by atoms with Gasteiger partial charge in [0.15, 0.2) is 0 Å². The minimum atomic E-state index is -0.313. The predicted molar refractivity (Wildman–Crippen MR) is 68.9 cm³/mol. The second-order valence-electron chi connectivity index (χ2n) is 5.70. The van der Waals surface area contributed by atoms with Gasteiger partial charge in [-0.25, -0.2) is 4.39 Å². The topological polar surface area (TPSA) is 29.1 Å². The van der Waals surface area contributed by atoms with E-state index in [-0.39, 0.29) is 17.6 Å². The van der Waals surface area contributed by atoms with Crippen molar-refractivity contribution in [1.29, 1.82) is 0 Å². The summed E-state index contributed by atoms with van der Waals surface area (Å²) in [7, 11) is 0. The molecule has 3 atom stereocenters. The van der Waals surface area contributed by atoms with Crippen molar-refractivity contribution in [2.45, 2.75) is 38.5 Å². The lowest BCUT2D eigenvalue weighted by Gasteiger charge is -2.30. The van der Waals surface area contributed by atoms with Crippen LogP contribution in [-0.2, 0) is 4.79 Å². The first-order chi connectivity index (χ1) is 8.66. The summed E-state index contributed by atoms with van der Waals surface area (Å²) < 4.78 is 13.7. The van der Waals surface area contributed by atoms with Gasteiger partial charge in [0, 0.05) is 0 Å². The van der Waals surface area contributed by atoms with Gasteiger partial charge in [-0.3, -0.25) is 4.79 Å². The van der Waals surface area contributed by atoms with E-state index in [2.05, 4.69) is 12.2 Å². The van der Waals surface area contributed by atoms with Gasteiger partial charge in [-0.15, -0.1) is 0 Å². The SMILES string of the molecule is CC1CCCC(C2C(=O)Nc3c(F)cccc32)C1. The van der Waals surface area contributed by atoms with Crippen LogP contribution in [0.3, 0.4) is 0 Å². The Balaban J connectivity index is 1.94. The van der Waals surface area contributed by atoms with Crippen molar-refractivity contribution in [3.05, 3.63) is 29.6 Å².